The van der Waals surface area contributed by atoms with E-state index < -0.39 is 0 Å². The van der Waals surface area contributed by atoms with Gasteiger partial charge in [-0.05, 0) is 37.8 Å². The fourth-order valence-corrected chi connectivity index (χ4v) is 2.11. The van der Waals surface area contributed by atoms with Gasteiger partial charge in [-0.1, -0.05) is 0 Å². The zero-order valence-corrected chi connectivity index (χ0v) is 15.5. The van der Waals surface area contributed by atoms with Crippen molar-refractivity contribution in [3.8, 4) is 0 Å². The maximum absolute atomic E-state index is 4.56. The molecule has 0 amide bonds. The predicted octanol–water partition coefficient (Wildman–Crippen LogP) is 2.20. The number of guanidine groups is 1. The highest BCUT2D eigenvalue weighted by Gasteiger charge is 1.97. The van der Waals surface area contributed by atoms with Gasteiger partial charge in [0.1, 0.15) is 0 Å². The summed E-state index contributed by atoms with van der Waals surface area (Å²) in [4.78, 5) is 4.56. The number of hydrogen-bond acceptors (Lipinski definition) is 3. The molecule has 0 atom stereocenters. The maximum Gasteiger partial charge on any atom is 0.191 e. The Balaban J connectivity index is 0.00000361. The van der Waals surface area contributed by atoms with E-state index in [0.29, 0.717) is 0 Å². The quantitative estimate of drug-likeness (QED) is 0.283. The first-order valence-corrected chi connectivity index (χ1v) is 8.24. The first-order chi connectivity index (χ1) is 9.36. The van der Waals surface area contributed by atoms with E-state index in [-0.39, 0.29) is 24.0 Å². The Hall–Kier alpha value is -0.440. The van der Waals surface area contributed by atoms with Crippen molar-refractivity contribution in [3.63, 3.8) is 0 Å². The van der Waals surface area contributed by atoms with Crippen LogP contribution in [0.2, 0.25) is 0 Å². The summed E-state index contributed by atoms with van der Waals surface area (Å²) in [5, 5.41) is 10.7. The minimum absolute atomic E-state index is 0. The van der Waals surface area contributed by atoms with Crippen LogP contribution in [0, 0.1) is 0 Å². The molecule has 5 nitrogen and oxygen atoms in total. The number of rotatable bonds is 9. The summed E-state index contributed by atoms with van der Waals surface area (Å²) in [6.45, 7) is 5.54. The highest BCUT2D eigenvalue weighted by atomic mass is 127. The molecule has 2 N–H and O–H groups in total. The van der Waals surface area contributed by atoms with Gasteiger partial charge in [-0.25, -0.2) is 0 Å². The number of hydrogen-bond donors (Lipinski definition) is 2. The largest absolute Gasteiger partial charge is 0.357 e. The maximum atomic E-state index is 4.56. The van der Waals surface area contributed by atoms with Gasteiger partial charge in [0, 0.05) is 32.0 Å². The van der Waals surface area contributed by atoms with Gasteiger partial charge in [0.25, 0.3) is 0 Å². The molecule has 0 unspecified atom stereocenters. The van der Waals surface area contributed by atoms with Gasteiger partial charge in [-0.2, -0.15) is 16.9 Å². The molecule has 0 bridgehead atoms. The van der Waals surface area contributed by atoms with Crippen molar-refractivity contribution >= 4 is 41.7 Å². The van der Waals surface area contributed by atoms with E-state index in [2.05, 4.69) is 33.9 Å². The van der Waals surface area contributed by atoms with Crippen molar-refractivity contribution in [2.24, 2.45) is 4.99 Å². The van der Waals surface area contributed by atoms with Crippen molar-refractivity contribution in [3.05, 3.63) is 18.5 Å². The first-order valence-electron chi connectivity index (χ1n) is 6.85. The van der Waals surface area contributed by atoms with Crippen molar-refractivity contribution in [2.75, 3.05) is 31.6 Å². The predicted molar refractivity (Wildman–Crippen MR) is 99.2 cm³/mol. The normalized spacial score (nSPS) is 11.0. The Morgan fingerprint density at radius 2 is 2.20 bits per heavy atom. The molecule has 0 saturated carbocycles. The van der Waals surface area contributed by atoms with Crippen LogP contribution in [0.3, 0.4) is 0 Å². The number of unbranched alkanes of at least 4 members (excludes halogenated alkanes) is 1. The van der Waals surface area contributed by atoms with Gasteiger partial charge in [0.05, 0.1) is 6.54 Å². The van der Waals surface area contributed by atoms with Gasteiger partial charge >= 0.3 is 0 Å². The number of halogens is 1. The second kappa shape index (κ2) is 13.5. The molecule has 1 aromatic rings. The molecule has 20 heavy (non-hydrogen) atoms. The third-order valence-electron chi connectivity index (χ3n) is 2.56. The third kappa shape index (κ3) is 9.46. The van der Waals surface area contributed by atoms with Gasteiger partial charge in [0.2, 0.25) is 0 Å². The molecule has 1 heterocycles. The molecule has 116 valence electrons. The minimum Gasteiger partial charge on any atom is -0.357 e. The Morgan fingerprint density at radius 3 is 2.85 bits per heavy atom. The summed E-state index contributed by atoms with van der Waals surface area (Å²) < 4.78 is 1.91. The van der Waals surface area contributed by atoms with Gasteiger partial charge in [-0.3, -0.25) is 9.67 Å². The fraction of sp³-hybridized carbons (Fsp3) is 0.692. The molecular formula is C13H26IN5S. The molecule has 1 aromatic heterocycles. The molecule has 0 aliphatic heterocycles. The second-order valence-electron chi connectivity index (χ2n) is 4.16. The molecular weight excluding hydrogens is 385 g/mol. The molecule has 0 spiro atoms. The van der Waals surface area contributed by atoms with Crippen LogP contribution in [0.25, 0.3) is 0 Å². The van der Waals surface area contributed by atoms with E-state index in [0.717, 1.165) is 38.6 Å². The summed E-state index contributed by atoms with van der Waals surface area (Å²) in [5.41, 5.74) is 0. The molecule has 0 radical (unpaired) electrons. The average molecular weight is 411 g/mol. The molecule has 1 rings (SSSR count). The number of nitrogens with one attached hydrogen (secondary N) is 2. The second-order valence-corrected chi connectivity index (χ2v) is 5.14. The fourth-order valence-electron chi connectivity index (χ4n) is 1.61. The van der Waals surface area contributed by atoms with Crippen LogP contribution in [-0.2, 0) is 6.54 Å². The average Bonchev–Trinajstić information content (AvgIpc) is 2.91. The molecule has 0 aliphatic rings. The zero-order valence-electron chi connectivity index (χ0n) is 12.3. The number of aliphatic imine (C=N–C) groups is 1. The van der Waals surface area contributed by atoms with E-state index in [1.165, 1.54) is 12.2 Å². The third-order valence-corrected chi connectivity index (χ3v) is 3.26. The van der Waals surface area contributed by atoms with Gasteiger partial charge in [-0.15, -0.1) is 24.0 Å². The lowest BCUT2D eigenvalue weighted by Crippen LogP contribution is -2.39. The monoisotopic (exact) mass is 411 g/mol. The lowest BCUT2D eigenvalue weighted by Gasteiger charge is -2.11. The topological polar surface area (TPSA) is 54.2 Å². The van der Waals surface area contributed by atoms with Gasteiger partial charge < -0.3 is 10.6 Å². The van der Waals surface area contributed by atoms with E-state index >= 15 is 0 Å². The summed E-state index contributed by atoms with van der Waals surface area (Å²) in [6, 6.07) is 1.94. The Bertz CT molecular complexity index is 343. The van der Waals surface area contributed by atoms with E-state index in [4.69, 9.17) is 0 Å². The van der Waals surface area contributed by atoms with E-state index in [1.54, 1.807) is 6.20 Å². The van der Waals surface area contributed by atoms with Crippen LogP contribution < -0.4 is 10.6 Å². The van der Waals surface area contributed by atoms with E-state index in [9.17, 15) is 0 Å². The lowest BCUT2D eigenvalue weighted by molar-refractivity contribution is 0.597. The van der Waals surface area contributed by atoms with Crippen LogP contribution in [0.5, 0.6) is 0 Å². The summed E-state index contributed by atoms with van der Waals surface area (Å²) in [7, 11) is 0. The Labute approximate surface area is 143 Å². The lowest BCUT2D eigenvalue weighted by atomic mass is 10.3. The molecule has 0 fully saturated rings. The van der Waals surface area contributed by atoms with Crippen LogP contribution >= 0.6 is 35.7 Å². The Kier molecular flexibility index (Phi) is 13.2. The minimum atomic E-state index is 0. The van der Waals surface area contributed by atoms with Crippen LogP contribution in [0.1, 0.15) is 19.8 Å². The summed E-state index contributed by atoms with van der Waals surface area (Å²) in [6.07, 6.45) is 8.29. The van der Waals surface area contributed by atoms with Crippen molar-refractivity contribution in [2.45, 2.75) is 26.3 Å². The highest BCUT2D eigenvalue weighted by Crippen LogP contribution is 1.98. The van der Waals surface area contributed by atoms with Crippen LogP contribution in [0.4, 0.5) is 0 Å². The number of thioether (sulfide) groups is 1. The smallest absolute Gasteiger partial charge is 0.191 e. The highest BCUT2D eigenvalue weighted by molar-refractivity contribution is 14.0. The number of aromatic nitrogens is 2. The van der Waals surface area contributed by atoms with Gasteiger partial charge in [0.15, 0.2) is 5.96 Å². The molecule has 0 aromatic carbocycles. The standard InChI is InChI=1S/C13H25N5S.HI/c1-3-14-13(15-7-4-5-12-19-2)16-9-11-18-10-6-8-17-18;/h6,8,10H,3-5,7,9,11-12H2,1-2H3,(H2,14,15,16);1H. The number of nitrogens with zero attached hydrogens (tertiary/aromatic N) is 3. The van der Waals surface area contributed by atoms with Crippen molar-refractivity contribution < 1.29 is 0 Å². The zero-order chi connectivity index (χ0) is 13.8. The van der Waals surface area contributed by atoms with Crippen molar-refractivity contribution in [1.29, 1.82) is 0 Å². The molecule has 7 heteroatoms. The van der Waals surface area contributed by atoms with Crippen LogP contribution in [-0.4, -0.2) is 47.4 Å². The SMILES string of the molecule is CCNC(=NCCCCSC)NCCn1cccn1.I. The van der Waals surface area contributed by atoms with Crippen LogP contribution in [0.15, 0.2) is 23.5 Å². The summed E-state index contributed by atoms with van der Waals surface area (Å²) in [5.74, 6) is 2.12. The van der Waals surface area contributed by atoms with Crippen molar-refractivity contribution in [1.82, 2.24) is 20.4 Å². The molecule has 0 aliphatic carbocycles. The van der Waals surface area contributed by atoms with E-state index in [1.807, 2.05) is 28.7 Å². The molecule has 0 saturated heterocycles. The first kappa shape index (κ1) is 19.6. The summed E-state index contributed by atoms with van der Waals surface area (Å²) >= 11 is 1.89. The Morgan fingerprint density at radius 1 is 1.35 bits per heavy atom.